The van der Waals surface area contributed by atoms with Gasteiger partial charge in [-0.25, -0.2) is 0 Å². The highest BCUT2D eigenvalue weighted by Gasteiger charge is 2.02. The highest BCUT2D eigenvalue weighted by Crippen LogP contribution is 2.25. The number of thiophene rings is 1. The monoisotopic (exact) mass is 203 g/mol. The summed E-state index contributed by atoms with van der Waals surface area (Å²) < 4.78 is 0. The Morgan fingerprint density at radius 2 is 2.14 bits per heavy atom. The molecule has 0 spiro atoms. The summed E-state index contributed by atoms with van der Waals surface area (Å²) in [7, 11) is 0. The summed E-state index contributed by atoms with van der Waals surface area (Å²) in [4.78, 5) is 16.6. The van der Waals surface area contributed by atoms with Gasteiger partial charge >= 0.3 is 0 Å². The maximum Gasteiger partial charge on any atom is 0.160 e. The molecule has 2 aromatic heterocycles. The fourth-order valence-electron chi connectivity index (χ4n) is 1.17. The van der Waals surface area contributed by atoms with Crippen molar-refractivity contribution in [3.63, 3.8) is 0 Å². The standard InChI is InChI=1S/C11H9NOS/c1-8-2-4-10(12-6-8)11-5-3-9(7-13)14-11/h2-7H,1H3. The number of rotatable bonds is 2. The smallest absolute Gasteiger partial charge is 0.160 e. The molecule has 0 radical (unpaired) electrons. The minimum atomic E-state index is 0.738. The second kappa shape index (κ2) is 3.72. The van der Waals surface area contributed by atoms with Gasteiger partial charge in [0.1, 0.15) is 0 Å². The van der Waals surface area contributed by atoms with Gasteiger partial charge in [-0.2, -0.15) is 0 Å². The van der Waals surface area contributed by atoms with E-state index in [1.165, 1.54) is 11.3 Å². The fraction of sp³-hybridized carbons (Fsp3) is 0.0909. The normalized spacial score (nSPS) is 10.1. The largest absolute Gasteiger partial charge is 0.297 e. The van der Waals surface area contributed by atoms with Crippen LogP contribution in [-0.2, 0) is 0 Å². The third-order valence-electron chi connectivity index (χ3n) is 1.91. The van der Waals surface area contributed by atoms with Gasteiger partial charge in [-0.15, -0.1) is 11.3 Å². The lowest BCUT2D eigenvalue weighted by Crippen LogP contribution is -1.79. The summed E-state index contributed by atoms with van der Waals surface area (Å²) in [5, 5.41) is 0. The van der Waals surface area contributed by atoms with Gasteiger partial charge in [-0.1, -0.05) is 6.07 Å². The van der Waals surface area contributed by atoms with Gasteiger partial charge in [0.25, 0.3) is 0 Å². The van der Waals surface area contributed by atoms with Gasteiger partial charge in [0.05, 0.1) is 15.4 Å². The SMILES string of the molecule is Cc1ccc(-c2ccc(C=O)s2)nc1. The molecule has 70 valence electrons. The Morgan fingerprint density at radius 1 is 1.29 bits per heavy atom. The van der Waals surface area contributed by atoms with Gasteiger partial charge in [-0.05, 0) is 30.7 Å². The molecule has 3 heteroatoms. The molecule has 2 rings (SSSR count). The molecule has 0 fully saturated rings. The third kappa shape index (κ3) is 1.72. The minimum absolute atomic E-state index is 0.738. The Labute approximate surface area is 86.2 Å². The molecular weight excluding hydrogens is 194 g/mol. The predicted molar refractivity (Wildman–Crippen MR) is 57.7 cm³/mol. The van der Waals surface area contributed by atoms with E-state index < -0.39 is 0 Å². The van der Waals surface area contributed by atoms with Crippen LogP contribution in [0.2, 0.25) is 0 Å². The molecule has 0 aliphatic rings. The van der Waals surface area contributed by atoms with Crippen molar-refractivity contribution < 1.29 is 4.79 Å². The fourth-order valence-corrected chi connectivity index (χ4v) is 1.97. The van der Waals surface area contributed by atoms with Crippen molar-refractivity contribution in [2.45, 2.75) is 6.92 Å². The highest BCUT2D eigenvalue weighted by molar-refractivity contribution is 7.17. The van der Waals surface area contributed by atoms with Crippen LogP contribution >= 0.6 is 11.3 Å². The zero-order chi connectivity index (χ0) is 9.97. The molecule has 0 amide bonds. The Bertz CT molecular complexity index is 445. The molecule has 0 aliphatic carbocycles. The third-order valence-corrected chi connectivity index (χ3v) is 2.94. The van der Waals surface area contributed by atoms with Crippen molar-refractivity contribution >= 4 is 17.6 Å². The lowest BCUT2D eigenvalue weighted by Gasteiger charge is -1.95. The number of pyridine rings is 1. The number of carbonyl (C=O) groups excluding carboxylic acids is 1. The molecule has 0 N–H and O–H groups in total. The van der Waals surface area contributed by atoms with E-state index in [2.05, 4.69) is 4.98 Å². The van der Waals surface area contributed by atoms with Crippen LogP contribution < -0.4 is 0 Å². The summed E-state index contributed by atoms with van der Waals surface area (Å²) in [5.74, 6) is 0. The topological polar surface area (TPSA) is 30.0 Å². The average Bonchev–Trinajstić information content (AvgIpc) is 2.67. The van der Waals surface area contributed by atoms with E-state index in [1.807, 2.05) is 37.4 Å². The molecule has 2 heterocycles. The maximum absolute atomic E-state index is 10.5. The van der Waals surface area contributed by atoms with Gasteiger partial charge < -0.3 is 0 Å². The van der Waals surface area contributed by atoms with E-state index in [4.69, 9.17) is 0 Å². The first-order valence-electron chi connectivity index (χ1n) is 4.27. The minimum Gasteiger partial charge on any atom is -0.297 e. The van der Waals surface area contributed by atoms with Crippen LogP contribution in [0.3, 0.4) is 0 Å². The number of hydrogen-bond acceptors (Lipinski definition) is 3. The van der Waals surface area contributed by atoms with E-state index >= 15 is 0 Å². The van der Waals surface area contributed by atoms with Crippen LogP contribution in [0.1, 0.15) is 15.2 Å². The highest BCUT2D eigenvalue weighted by atomic mass is 32.1. The molecule has 0 aromatic carbocycles. The molecule has 0 aliphatic heterocycles. The molecule has 0 bridgehead atoms. The van der Waals surface area contributed by atoms with Crippen molar-refractivity contribution in [2.24, 2.45) is 0 Å². The molecule has 0 saturated carbocycles. The van der Waals surface area contributed by atoms with Gasteiger partial charge in [0, 0.05) is 6.20 Å². The summed E-state index contributed by atoms with van der Waals surface area (Å²) >= 11 is 1.46. The van der Waals surface area contributed by atoms with Crippen LogP contribution in [0.15, 0.2) is 30.5 Å². The van der Waals surface area contributed by atoms with E-state index in [9.17, 15) is 4.79 Å². The summed E-state index contributed by atoms with van der Waals surface area (Å²) in [5.41, 5.74) is 2.06. The van der Waals surface area contributed by atoms with E-state index in [0.717, 1.165) is 27.3 Å². The molecule has 2 aromatic rings. The second-order valence-corrected chi connectivity index (χ2v) is 4.16. The van der Waals surface area contributed by atoms with Gasteiger partial charge in [0.2, 0.25) is 0 Å². The second-order valence-electron chi connectivity index (χ2n) is 3.04. The van der Waals surface area contributed by atoms with E-state index in [1.54, 1.807) is 0 Å². The Morgan fingerprint density at radius 3 is 2.71 bits per heavy atom. The summed E-state index contributed by atoms with van der Waals surface area (Å²) in [6.45, 7) is 2.00. The number of aldehydes is 1. The number of hydrogen-bond donors (Lipinski definition) is 0. The van der Waals surface area contributed by atoms with Crippen molar-refractivity contribution in [1.29, 1.82) is 0 Å². The Hall–Kier alpha value is -1.48. The summed E-state index contributed by atoms with van der Waals surface area (Å²) in [6.07, 6.45) is 2.69. The van der Waals surface area contributed by atoms with Crippen molar-refractivity contribution in [3.8, 4) is 10.6 Å². The van der Waals surface area contributed by atoms with Gasteiger partial charge in [0.15, 0.2) is 6.29 Å². The van der Waals surface area contributed by atoms with Crippen LogP contribution in [0, 0.1) is 6.92 Å². The zero-order valence-corrected chi connectivity index (χ0v) is 8.54. The number of nitrogens with zero attached hydrogens (tertiary/aromatic N) is 1. The van der Waals surface area contributed by atoms with Crippen molar-refractivity contribution in [3.05, 3.63) is 40.9 Å². The maximum atomic E-state index is 10.5. The first-order chi connectivity index (χ1) is 6.79. The molecular formula is C11H9NOS. The van der Waals surface area contributed by atoms with Crippen LogP contribution in [0.25, 0.3) is 10.6 Å². The zero-order valence-electron chi connectivity index (χ0n) is 7.73. The van der Waals surface area contributed by atoms with Crippen LogP contribution in [-0.4, -0.2) is 11.3 Å². The molecule has 2 nitrogen and oxygen atoms in total. The number of carbonyl (C=O) groups is 1. The molecule has 14 heavy (non-hydrogen) atoms. The van der Waals surface area contributed by atoms with E-state index in [0.29, 0.717) is 0 Å². The molecule has 0 atom stereocenters. The van der Waals surface area contributed by atoms with Crippen molar-refractivity contribution in [2.75, 3.05) is 0 Å². The number of aryl methyl sites for hydroxylation is 1. The van der Waals surface area contributed by atoms with Crippen LogP contribution in [0.5, 0.6) is 0 Å². The molecule has 0 unspecified atom stereocenters. The van der Waals surface area contributed by atoms with Crippen LogP contribution in [0.4, 0.5) is 0 Å². The summed E-state index contributed by atoms with van der Waals surface area (Å²) in [6, 6.07) is 7.72. The predicted octanol–water partition coefficient (Wildman–Crippen LogP) is 2.93. The van der Waals surface area contributed by atoms with Gasteiger partial charge in [-0.3, -0.25) is 9.78 Å². The first kappa shape index (κ1) is 9.09. The Balaban J connectivity index is 2.39. The van der Waals surface area contributed by atoms with E-state index in [-0.39, 0.29) is 0 Å². The number of aromatic nitrogens is 1. The first-order valence-corrected chi connectivity index (χ1v) is 5.09. The Kier molecular flexibility index (Phi) is 2.41. The van der Waals surface area contributed by atoms with Crippen molar-refractivity contribution in [1.82, 2.24) is 4.98 Å². The lowest BCUT2D eigenvalue weighted by molar-refractivity contribution is 0.112. The average molecular weight is 203 g/mol. The lowest BCUT2D eigenvalue weighted by atomic mass is 10.2. The quantitative estimate of drug-likeness (QED) is 0.702. The molecule has 0 saturated heterocycles.